The number of aliphatic carboxylic acids is 2. The first-order valence-corrected chi connectivity index (χ1v) is 10.6. The average Bonchev–Trinajstić information content (AvgIpc) is 3.20. The van der Waals surface area contributed by atoms with Gasteiger partial charge in [-0.05, 0) is 24.1 Å². The fraction of sp³-hybridized carbons (Fsp3) is 0.545. The summed E-state index contributed by atoms with van der Waals surface area (Å²) in [6.07, 6.45) is -6.80. The fourth-order valence-electron chi connectivity index (χ4n) is 3.52. The molecule has 8 nitrogen and oxygen atoms in total. The number of halogens is 6. The molecular formula is C22H28F6N2O6. The van der Waals surface area contributed by atoms with E-state index in [0.29, 0.717) is 18.8 Å². The Morgan fingerprint density at radius 1 is 1.03 bits per heavy atom. The molecule has 0 aromatic heterocycles. The molecule has 1 aromatic rings. The van der Waals surface area contributed by atoms with E-state index in [1.54, 1.807) is 7.11 Å². The molecule has 2 heterocycles. The molecule has 2 fully saturated rings. The predicted molar refractivity (Wildman–Crippen MR) is 116 cm³/mol. The normalized spacial score (nSPS) is 20.2. The lowest BCUT2D eigenvalue weighted by molar-refractivity contribution is -0.193. The van der Waals surface area contributed by atoms with E-state index >= 15 is 0 Å². The number of carbonyl (C=O) groups is 2. The van der Waals surface area contributed by atoms with Crippen molar-refractivity contribution >= 4 is 11.9 Å². The molecule has 0 bridgehead atoms. The highest BCUT2D eigenvalue weighted by atomic mass is 19.4. The van der Waals surface area contributed by atoms with Gasteiger partial charge < -0.3 is 19.7 Å². The molecule has 14 heteroatoms. The standard InChI is InChI=1S/C18H26N2O2.2C2HF3O2/c1-3-10-22-18-11-16-13-19(8-9-20(16)14-18)12-15-4-6-17(21-2)7-5-15;2*3-2(4,5)1(6)7/h3-7,16,18H,1,8-14H2,2H3;2*(H,6,7). The Morgan fingerprint density at radius 2 is 1.56 bits per heavy atom. The van der Waals surface area contributed by atoms with Crippen molar-refractivity contribution in [3.8, 4) is 5.75 Å². The Kier molecular flexibility index (Phi) is 12.2. The first-order chi connectivity index (χ1) is 16.7. The molecule has 0 saturated carbocycles. The van der Waals surface area contributed by atoms with Gasteiger partial charge in [0.15, 0.2) is 0 Å². The van der Waals surface area contributed by atoms with E-state index in [2.05, 4.69) is 28.5 Å². The fourth-order valence-corrected chi connectivity index (χ4v) is 3.52. The molecule has 2 saturated heterocycles. The number of carboxylic acids is 2. The number of methoxy groups -OCH3 is 1. The molecule has 36 heavy (non-hydrogen) atoms. The van der Waals surface area contributed by atoms with E-state index in [9.17, 15) is 26.3 Å². The van der Waals surface area contributed by atoms with Gasteiger partial charge in [0.25, 0.3) is 0 Å². The lowest BCUT2D eigenvalue weighted by atomic mass is 10.1. The zero-order valence-corrected chi connectivity index (χ0v) is 19.4. The van der Waals surface area contributed by atoms with Gasteiger partial charge in [-0.15, -0.1) is 6.58 Å². The first kappa shape index (κ1) is 31.2. The van der Waals surface area contributed by atoms with Gasteiger partial charge in [-0.25, -0.2) is 9.59 Å². The third kappa shape index (κ3) is 11.3. The summed E-state index contributed by atoms with van der Waals surface area (Å²) in [6, 6.07) is 9.05. The number of nitrogens with zero attached hydrogens (tertiary/aromatic N) is 2. The highest BCUT2D eigenvalue weighted by molar-refractivity contribution is 5.73. The quantitative estimate of drug-likeness (QED) is 0.427. The second-order valence-corrected chi connectivity index (χ2v) is 7.82. The maximum atomic E-state index is 10.6. The smallest absolute Gasteiger partial charge is 0.490 e. The monoisotopic (exact) mass is 530 g/mol. The highest BCUT2D eigenvalue weighted by Gasteiger charge is 2.39. The summed E-state index contributed by atoms with van der Waals surface area (Å²) in [6.45, 7) is 9.92. The van der Waals surface area contributed by atoms with Crippen LogP contribution >= 0.6 is 0 Å². The summed E-state index contributed by atoms with van der Waals surface area (Å²) >= 11 is 0. The SMILES string of the molecule is C=CCOC1CC2CN(Cc3ccc(OC)cc3)CCN2C1.O=C(O)C(F)(F)F.O=C(O)C(F)(F)F. The molecule has 0 radical (unpaired) electrons. The minimum Gasteiger partial charge on any atom is -0.497 e. The van der Waals surface area contributed by atoms with Gasteiger partial charge in [-0.3, -0.25) is 9.80 Å². The van der Waals surface area contributed by atoms with Crippen molar-refractivity contribution in [2.24, 2.45) is 0 Å². The molecule has 1 aromatic carbocycles. The van der Waals surface area contributed by atoms with E-state index < -0.39 is 24.3 Å². The number of benzene rings is 1. The third-order valence-electron chi connectivity index (χ3n) is 5.16. The van der Waals surface area contributed by atoms with E-state index in [4.69, 9.17) is 29.3 Å². The molecule has 2 N–H and O–H groups in total. The maximum Gasteiger partial charge on any atom is 0.490 e. The summed E-state index contributed by atoms with van der Waals surface area (Å²) in [7, 11) is 1.71. The molecular weight excluding hydrogens is 502 g/mol. The lowest BCUT2D eigenvalue weighted by Crippen LogP contribution is -2.49. The summed E-state index contributed by atoms with van der Waals surface area (Å²) in [5.74, 6) is -4.59. The van der Waals surface area contributed by atoms with Crippen molar-refractivity contribution in [3.63, 3.8) is 0 Å². The molecule has 0 amide bonds. The van der Waals surface area contributed by atoms with Gasteiger partial charge in [0, 0.05) is 38.8 Å². The van der Waals surface area contributed by atoms with Crippen LogP contribution in [0, 0.1) is 0 Å². The minimum atomic E-state index is -5.08. The van der Waals surface area contributed by atoms with Crippen LogP contribution in [0.2, 0.25) is 0 Å². The van der Waals surface area contributed by atoms with Crippen LogP contribution in [0.15, 0.2) is 36.9 Å². The Balaban J connectivity index is 0.000000383. The van der Waals surface area contributed by atoms with E-state index in [0.717, 1.165) is 44.9 Å². The number of piperazine rings is 1. The number of rotatable bonds is 6. The number of hydrogen-bond donors (Lipinski definition) is 2. The maximum absolute atomic E-state index is 10.6. The number of fused-ring (bicyclic) bond motifs is 1. The van der Waals surface area contributed by atoms with Gasteiger partial charge in [0.2, 0.25) is 0 Å². The molecule has 3 rings (SSSR count). The molecule has 204 valence electrons. The average molecular weight is 530 g/mol. The van der Waals surface area contributed by atoms with Crippen molar-refractivity contribution in [2.75, 3.05) is 39.9 Å². The molecule has 2 aliphatic rings. The zero-order valence-electron chi connectivity index (χ0n) is 19.4. The van der Waals surface area contributed by atoms with Crippen molar-refractivity contribution in [3.05, 3.63) is 42.5 Å². The van der Waals surface area contributed by atoms with Gasteiger partial charge in [0.05, 0.1) is 19.8 Å². The van der Waals surface area contributed by atoms with Gasteiger partial charge in [-0.2, -0.15) is 26.3 Å². The Bertz CT molecular complexity index is 823. The largest absolute Gasteiger partial charge is 0.497 e. The van der Waals surface area contributed by atoms with Crippen molar-refractivity contribution in [1.82, 2.24) is 9.80 Å². The molecule has 2 atom stereocenters. The minimum absolute atomic E-state index is 0.379. The highest BCUT2D eigenvalue weighted by Crippen LogP contribution is 2.25. The number of alkyl halides is 6. The van der Waals surface area contributed by atoms with Crippen molar-refractivity contribution < 1.29 is 55.6 Å². The number of carboxylic acid groups (broad SMARTS) is 2. The van der Waals surface area contributed by atoms with Crippen molar-refractivity contribution in [1.29, 1.82) is 0 Å². The van der Waals surface area contributed by atoms with E-state index in [-0.39, 0.29) is 0 Å². The van der Waals surface area contributed by atoms with E-state index in [1.807, 2.05) is 18.2 Å². The van der Waals surface area contributed by atoms with Gasteiger partial charge in [-0.1, -0.05) is 18.2 Å². The summed E-state index contributed by atoms with van der Waals surface area (Å²) in [5, 5.41) is 14.2. The number of ether oxygens (including phenoxy) is 2. The molecule has 2 unspecified atom stereocenters. The zero-order chi connectivity index (χ0) is 27.5. The first-order valence-electron chi connectivity index (χ1n) is 10.6. The lowest BCUT2D eigenvalue weighted by Gasteiger charge is -2.37. The van der Waals surface area contributed by atoms with Crippen LogP contribution in [0.5, 0.6) is 5.75 Å². The van der Waals surface area contributed by atoms with Crippen LogP contribution in [0.25, 0.3) is 0 Å². The van der Waals surface area contributed by atoms with E-state index in [1.165, 1.54) is 5.56 Å². The molecule has 2 aliphatic heterocycles. The van der Waals surface area contributed by atoms with Gasteiger partial charge in [0.1, 0.15) is 5.75 Å². The van der Waals surface area contributed by atoms with Crippen LogP contribution < -0.4 is 4.74 Å². The summed E-state index contributed by atoms with van der Waals surface area (Å²) in [5.41, 5.74) is 1.35. The third-order valence-corrected chi connectivity index (χ3v) is 5.16. The van der Waals surface area contributed by atoms with Crippen LogP contribution in [0.1, 0.15) is 12.0 Å². The molecule has 0 spiro atoms. The second kappa shape index (κ2) is 14.0. The Labute approximate surface area is 203 Å². The molecule has 0 aliphatic carbocycles. The van der Waals surface area contributed by atoms with Crippen LogP contribution in [-0.4, -0.2) is 96.3 Å². The van der Waals surface area contributed by atoms with Crippen LogP contribution in [-0.2, 0) is 20.9 Å². The Hall–Kier alpha value is -2.84. The van der Waals surface area contributed by atoms with Gasteiger partial charge >= 0.3 is 24.3 Å². The topological polar surface area (TPSA) is 99.5 Å². The van der Waals surface area contributed by atoms with Crippen molar-refractivity contribution in [2.45, 2.75) is 37.5 Å². The van der Waals surface area contributed by atoms with Crippen LogP contribution in [0.3, 0.4) is 0 Å². The summed E-state index contributed by atoms with van der Waals surface area (Å²) < 4.78 is 74.5. The van der Waals surface area contributed by atoms with Crippen LogP contribution in [0.4, 0.5) is 26.3 Å². The summed E-state index contributed by atoms with van der Waals surface area (Å²) in [4.78, 5) is 22.9. The second-order valence-electron chi connectivity index (χ2n) is 7.82. The Morgan fingerprint density at radius 3 is 2.00 bits per heavy atom. The number of hydrogen-bond acceptors (Lipinski definition) is 6. The predicted octanol–water partition coefficient (Wildman–Crippen LogP) is 3.42.